The molecular weight excluding hydrogens is 204 g/mol. The summed E-state index contributed by atoms with van der Waals surface area (Å²) in [7, 11) is 0. The van der Waals surface area contributed by atoms with Crippen LogP contribution in [0.4, 0.5) is 0 Å². The van der Waals surface area contributed by atoms with E-state index < -0.39 is 0 Å². The fourth-order valence-electron chi connectivity index (χ4n) is 2.46. The van der Waals surface area contributed by atoms with Crippen molar-refractivity contribution in [1.29, 1.82) is 0 Å². The Morgan fingerprint density at radius 3 is 2.81 bits per heavy atom. The molecule has 92 valence electrons. The molecular formula is C12H22N2O2. The summed E-state index contributed by atoms with van der Waals surface area (Å²) in [5.74, 6) is 1.18. The maximum absolute atomic E-state index is 11.8. The van der Waals surface area contributed by atoms with Crippen LogP contribution in [0.3, 0.4) is 0 Å². The van der Waals surface area contributed by atoms with Crippen LogP contribution in [0.1, 0.15) is 25.7 Å². The van der Waals surface area contributed by atoms with Crippen molar-refractivity contribution in [3.05, 3.63) is 0 Å². The van der Waals surface area contributed by atoms with E-state index in [1.54, 1.807) is 0 Å². The van der Waals surface area contributed by atoms with Gasteiger partial charge in [0.2, 0.25) is 5.91 Å². The first-order chi connectivity index (χ1) is 7.86. The molecule has 0 aliphatic carbocycles. The maximum atomic E-state index is 11.8. The Balaban J connectivity index is 1.59. The van der Waals surface area contributed by atoms with Crippen molar-refractivity contribution in [3.63, 3.8) is 0 Å². The van der Waals surface area contributed by atoms with Gasteiger partial charge in [-0.05, 0) is 44.7 Å². The van der Waals surface area contributed by atoms with Crippen LogP contribution in [-0.2, 0) is 9.53 Å². The molecule has 2 fully saturated rings. The van der Waals surface area contributed by atoms with Gasteiger partial charge in [-0.2, -0.15) is 0 Å². The Hall–Kier alpha value is -0.610. The summed E-state index contributed by atoms with van der Waals surface area (Å²) in [6.07, 6.45) is 4.14. The van der Waals surface area contributed by atoms with Crippen molar-refractivity contribution >= 4 is 5.91 Å². The fourth-order valence-corrected chi connectivity index (χ4v) is 2.46. The summed E-state index contributed by atoms with van der Waals surface area (Å²) in [6.45, 7) is 4.57. The maximum Gasteiger partial charge on any atom is 0.223 e. The van der Waals surface area contributed by atoms with Gasteiger partial charge in [-0.1, -0.05) is 0 Å². The lowest BCUT2D eigenvalue weighted by Crippen LogP contribution is -2.35. The molecule has 0 bridgehead atoms. The molecule has 0 aromatic carbocycles. The monoisotopic (exact) mass is 226 g/mol. The standard InChI is InChI=1S/C12H22N2O2/c15-12(11-3-7-16-8-4-11)14-6-2-10-1-5-13-9-10/h10-11,13H,1-9H2,(H,14,15). The Morgan fingerprint density at radius 2 is 2.12 bits per heavy atom. The summed E-state index contributed by atoms with van der Waals surface area (Å²) in [4.78, 5) is 11.8. The lowest BCUT2D eigenvalue weighted by molar-refractivity contribution is -0.127. The number of hydrogen-bond acceptors (Lipinski definition) is 3. The Labute approximate surface area is 97.1 Å². The topological polar surface area (TPSA) is 50.4 Å². The van der Waals surface area contributed by atoms with E-state index >= 15 is 0 Å². The van der Waals surface area contributed by atoms with E-state index in [0.717, 1.165) is 58.0 Å². The Morgan fingerprint density at radius 1 is 1.31 bits per heavy atom. The molecule has 2 aliphatic rings. The molecule has 0 spiro atoms. The van der Waals surface area contributed by atoms with Gasteiger partial charge >= 0.3 is 0 Å². The van der Waals surface area contributed by atoms with Crippen LogP contribution in [0.2, 0.25) is 0 Å². The van der Waals surface area contributed by atoms with E-state index in [-0.39, 0.29) is 11.8 Å². The van der Waals surface area contributed by atoms with Crippen molar-refractivity contribution in [3.8, 4) is 0 Å². The first kappa shape index (κ1) is 11.9. The molecule has 2 saturated heterocycles. The van der Waals surface area contributed by atoms with Gasteiger partial charge in [0.1, 0.15) is 0 Å². The zero-order valence-corrected chi connectivity index (χ0v) is 9.84. The SMILES string of the molecule is O=C(NCCC1CCNC1)C1CCOCC1. The van der Waals surface area contributed by atoms with Crippen molar-refractivity contribution in [2.24, 2.45) is 11.8 Å². The molecule has 0 aromatic heterocycles. The van der Waals surface area contributed by atoms with Crippen molar-refractivity contribution in [1.82, 2.24) is 10.6 Å². The molecule has 0 radical (unpaired) electrons. The third-order valence-electron chi connectivity index (χ3n) is 3.61. The summed E-state index contributed by atoms with van der Waals surface area (Å²) in [5.41, 5.74) is 0. The number of nitrogens with one attached hydrogen (secondary N) is 2. The van der Waals surface area contributed by atoms with Crippen LogP contribution in [0.25, 0.3) is 0 Å². The number of amides is 1. The quantitative estimate of drug-likeness (QED) is 0.735. The molecule has 2 rings (SSSR count). The summed E-state index contributed by atoms with van der Waals surface area (Å²) < 4.78 is 5.25. The molecule has 4 heteroatoms. The van der Waals surface area contributed by atoms with Crippen LogP contribution in [0.15, 0.2) is 0 Å². The number of hydrogen-bond donors (Lipinski definition) is 2. The molecule has 1 unspecified atom stereocenters. The minimum absolute atomic E-state index is 0.190. The molecule has 1 atom stereocenters. The van der Waals surface area contributed by atoms with Gasteiger partial charge in [0.15, 0.2) is 0 Å². The highest BCUT2D eigenvalue weighted by atomic mass is 16.5. The van der Waals surface area contributed by atoms with Gasteiger partial charge in [-0.3, -0.25) is 4.79 Å². The molecule has 2 N–H and O–H groups in total. The second kappa shape index (κ2) is 6.21. The van der Waals surface area contributed by atoms with Crippen molar-refractivity contribution in [2.75, 3.05) is 32.8 Å². The van der Waals surface area contributed by atoms with Crippen molar-refractivity contribution < 1.29 is 9.53 Å². The molecule has 0 saturated carbocycles. The highest BCUT2D eigenvalue weighted by Crippen LogP contribution is 2.15. The zero-order valence-electron chi connectivity index (χ0n) is 9.84. The predicted octanol–water partition coefficient (Wildman–Crippen LogP) is 0.529. The van der Waals surface area contributed by atoms with Gasteiger partial charge in [-0.15, -0.1) is 0 Å². The highest BCUT2D eigenvalue weighted by Gasteiger charge is 2.21. The molecule has 1 amide bonds. The third-order valence-corrected chi connectivity index (χ3v) is 3.61. The van der Waals surface area contributed by atoms with E-state index in [1.165, 1.54) is 6.42 Å². The first-order valence-corrected chi connectivity index (χ1v) is 6.42. The molecule has 16 heavy (non-hydrogen) atoms. The van der Waals surface area contributed by atoms with E-state index in [9.17, 15) is 4.79 Å². The Kier molecular flexibility index (Phi) is 4.60. The molecule has 0 aromatic rings. The van der Waals surface area contributed by atoms with Gasteiger partial charge in [-0.25, -0.2) is 0 Å². The number of rotatable bonds is 4. The fraction of sp³-hybridized carbons (Fsp3) is 0.917. The van der Waals surface area contributed by atoms with Gasteiger partial charge < -0.3 is 15.4 Å². The highest BCUT2D eigenvalue weighted by molar-refractivity contribution is 5.78. The van der Waals surface area contributed by atoms with Crippen LogP contribution >= 0.6 is 0 Å². The Bertz CT molecular complexity index is 221. The average molecular weight is 226 g/mol. The van der Waals surface area contributed by atoms with Crippen LogP contribution < -0.4 is 10.6 Å². The van der Waals surface area contributed by atoms with Crippen LogP contribution in [0.5, 0.6) is 0 Å². The van der Waals surface area contributed by atoms with Crippen LogP contribution in [0, 0.1) is 11.8 Å². The van der Waals surface area contributed by atoms with E-state index in [0.29, 0.717) is 0 Å². The van der Waals surface area contributed by atoms with E-state index in [2.05, 4.69) is 10.6 Å². The number of ether oxygens (including phenoxy) is 1. The predicted molar refractivity (Wildman–Crippen MR) is 62.1 cm³/mol. The minimum atomic E-state index is 0.190. The van der Waals surface area contributed by atoms with E-state index in [1.807, 2.05) is 0 Å². The molecule has 4 nitrogen and oxygen atoms in total. The number of carbonyl (C=O) groups excluding carboxylic acids is 1. The zero-order chi connectivity index (χ0) is 11.2. The normalized spacial score (nSPS) is 26.9. The molecule has 2 aliphatic heterocycles. The second-order valence-corrected chi connectivity index (χ2v) is 4.83. The lowest BCUT2D eigenvalue weighted by Gasteiger charge is -2.21. The van der Waals surface area contributed by atoms with Gasteiger partial charge in [0.25, 0.3) is 0 Å². The van der Waals surface area contributed by atoms with Crippen molar-refractivity contribution in [2.45, 2.75) is 25.7 Å². The largest absolute Gasteiger partial charge is 0.381 e. The van der Waals surface area contributed by atoms with Gasteiger partial charge in [0.05, 0.1) is 0 Å². The molecule has 2 heterocycles. The number of carbonyl (C=O) groups is 1. The van der Waals surface area contributed by atoms with E-state index in [4.69, 9.17) is 4.74 Å². The average Bonchev–Trinajstić information content (AvgIpc) is 2.83. The second-order valence-electron chi connectivity index (χ2n) is 4.83. The third kappa shape index (κ3) is 3.46. The summed E-state index contributed by atoms with van der Waals surface area (Å²) in [5, 5.41) is 6.40. The lowest BCUT2D eigenvalue weighted by atomic mass is 9.99. The first-order valence-electron chi connectivity index (χ1n) is 6.42. The summed E-state index contributed by atoms with van der Waals surface area (Å²) in [6, 6.07) is 0. The van der Waals surface area contributed by atoms with Crippen LogP contribution in [-0.4, -0.2) is 38.8 Å². The van der Waals surface area contributed by atoms with Gasteiger partial charge in [0, 0.05) is 25.7 Å². The smallest absolute Gasteiger partial charge is 0.223 e. The summed E-state index contributed by atoms with van der Waals surface area (Å²) >= 11 is 0. The minimum Gasteiger partial charge on any atom is -0.381 e.